The van der Waals surface area contributed by atoms with Gasteiger partial charge >= 0.3 is 0 Å². The standard InChI is InChI=1S/C15H24N4O2/c1-11-13(17-10-16-11)14(21)19-7-5-15(9-20)4-3-6-18(2)12(15)8-19/h10,12,20H,3-9H2,1-2H3,(H,16,17)/t12-,15-/m1/s1. The van der Waals surface area contributed by atoms with Crippen molar-refractivity contribution >= 4 is 5.91 Å². The summed E-state index contributed by atoms with van der Waals surface area (Å²) in [6.45, 7) is 4.51. The molecule has 116 valence electrons. The molecule has 1 amide bonds. The van der Waals surface area contributed by atoms with Crippen LogP contribution < -0.4 is 0 Å². The van der Waals surface area contributed by atoms with Gasteiger partial charge in [0.05, 0.1) is 12.9 Å². The minimum atomic E-state index is -0.0373. The fourth-order valence-corrected chi connectivity index (χ4v) is 3.92. The van der Waals surface area contributed by atoms with E-state index in [1.165, 1.54) is 0 Å². The number of aryl methyl sites for hydroxylation is 1. The van der Waals surface area contributed by atoms with Crippen molar-refractivity contribution in [2.45, 2.75) is 32.2 Å². The molecule has 0 spiro atoms. The first-order valence-electron chi connectivity index (χ1n) is 7.68. The van der Waals surface area contributed by atoms with Crippen LogP contribution in [-0.4, -0.2) is 70.1 Å². The first-order chi connectivity index (χ1) is 10.1. The lowest BCUT2D eigenvalue weighted by atomic mass is 9.69. The van der Waals surface area contributed by atoms with Crippen LogP contribution in [0.15, 0.2) is 6.33 Å². The lowest BCUT2D eigenvalue weighted by molar-refractivity contribution is -0.0602. The zero-order chi connectivity index (χ0) is 15.0. The van der Waals surface area contributed by atoms with Crippen molar-refractivity contribution in [1.82, 2.24) is 19.8 Å². The summed E-state index contributed by atoms with van der Waals surface area (Å²) < 4.78 is 0. The number of aromatic nitrogens is 2. The maximum absolute atomic E-state index is 12.6. The van der Waals surface area contributed by atoms with Crippen molar-refractivity contribution in [3.63, 3.8) is 0 Å². The first-order valence-corrected chi connectivity index (χ1v) is 7.68. The van der Waals surface area contributed by atoms with Gasteiger partial charge in [-0.3, -0.25) is 4.79 Å². The lowest BCUT2D eigenvalue weighted by Gasteiger charge is -2.53. The Labute approximate surface area is 125 Å². The first kappa shape index (κ1) is 14.5. The van der Waals surface area contributed by atoms with Gasteiger partial charge in [-0.2, -0.15) is 0 Å². The van der Waals surface area contributed by atoms with Crippen LogP contribution in [0.2, 0.25) is 0 Å². The summed E-state index contributed by atoms with van der Waals surface area (Å²) in [7, 11) is 2.10. The van der Waals surface area contributed by atoms with Gasteiger partial charge in [0, 0.05) is 30.2 Å². The molecule has 2 atom stereocenters. The number of carbonyl (C=O) groups is 1. The van der Waals surface area contributed by atoms with Gasteiger partial charge in [0.1, 0.15) is 5.69 Å². The van der Waals surface area contributed by atoms with Gasteiger partial charge in [-0.25, -0.2) is 4.98 Å². The van der Waals surface area contributed by atoms with Crippen molar-refractivity contribution in [3.8, 4) is 0 Å². The van der Waals surface area contributed by atoms with Gasteiger partial charge in [0.25, 0.3) is 5.91 Å². The lowest BCUT2D eigenvalue weighted by Crippen LogP contribution is -2.62. The van der Waals surface area contributed by atoms with Crippen LogP contribution in [0.5, 0.6) is 0 Å². The number of hydrogen-bond donors (Lipinski definition) is 2. The minimum Gasteiger partial charge on any atom is -0.396 e. The van der Waals surface area contributed by atoms with E-state index in [4.69, 9.17) is 0 Å². The van der Waals surface area contributed by atoms with E-state index in [0.717, 1.165) is 31.5 Å². The second-order valence-corrected chi connectivity index (χ2v) is 6.50. The van der Waals surface area contributed by atoms with Gasteiger partial charge < -0.3 is 19.9 Å². The molecule has 0 saturated carbocycles. The Hall–Kier alpha value is -1.40. The number of aromatic amines is 1. The number of likely N-dealkylation sites (N-methyl/N-ethyl adjacent to an activating group) is 1. The number of nitrogens with zero attached hydrogens (tertiary/aromatic N) is 3. The van der Waals surface area contributed by atoms with Crippen molar-refractivity contribution in [3.05, 3.63) is 17.7 Å². The number of piperidine rings is 2. The maximum atomic E-state index is 12.6. The summed E-state index contributed by atoms with van der Waals surface area (Å²) in [5.41, 5.74) is 1.30. The predicted molar refractivity (Wildman–Crippen MR) is 79.0 cm³/mol. The van der Waals surface area contributed by atoms with Crippen LogP contribution in [0.25, 0.3) is 0 Å². The normalized spacial score (nSPS) is 30.2. The van der Waals surface area contributed by atoms with E-state index in [1.807, 2.05) is 11.8 Å². The Morgan fingerprint density at radius 2 is 2.33 bits per heavy atom. The zero-order valence-corrected chi connectivity index (χ0v) is 12.8. The van der Waals surface area contributed by atoms with E-state index in [1.54, 1.807) is 6.33 Å². The molecule has 1 aromatic rings. The largest absolute Gasteiger partial charge is 0.396 e. The summed E-state index contributed by atoms with van der Waals surface area (Å²) in [5, 5.41) is 9.90. The highest BCUT2D eigenvalue weighted by Crippen LogP contribution is 2.41. The Morgan fingerprint density at radius 3 is 3.00 bits per heavy atom. The van der Waals surface area contributed by atoms with Crippen molar-refractivity contribution in [1.29, 1.82) is 0 Å². The second kappa shape index (κ2) is 5.42. The highest BCUT2D eigenvalue weighted by Gasteiger charge is 2.47. The Balaban J connectivity index is 1.80. The van der Waals surface area contributed by atoms with E-state index in [-0.39, 0.29) is 24.0 Å². The molecule has 2 fully saturated rings. The molecule has 21 heavy (non-hydrogen) atoms. The van der Waals surface area contributed by atoms with Crippen LogP contribution in [0.1, 0.15) is 35.4 Å². The summed E-state index contributed by atoms with van der Waals surface area (Å²) >= 11 is 0. The number of nitrogens with one attached hydrogen (secondary N) is 1. The van der Waals surface area contributed by atoms with Gasteiger partial charge in [0.15, 0.2) is 0 Å². The molecule has 1 aromatic heterocycles. The molecule has 2 saturated heterocycles. The number of rotatable bonds is 2. The highest BCUT2D eigenvalue weighted by atomic mass is 16.3. The summed E-state index contributed by atoms with van der Waals surface area (Å²) in [4.78, 5) is 23.9. The third-order valence-corrected chi connectivity index (χ3v) is 5.33. The number of fused-ring (bicyclic) bond motifs is 1. The zero-order valence-electron chi connectivity index (χ0n) is 12.8. The maximum Gasteiger partial charge on any atom is 0.274 e. The Morgan fingerprint density at radius 1 is 1.52 bits per heavy atom. The number of amides is 1. The molecule has 3 rings (SSSR count). The molecular weight excluding hydrogens is 268 g/mol. The van der Waals surface area contributed by atoms with E-state index in [2.05, 4.69) is 21.9 Å². The molecule has 0 aliphatic carbocycles. The Bertz CT molecular complexity index is 529. The van der Waals surface area contributed by atoms with Crippen LogP contribution in [0, 0.1) is 12.3 Å². The molecule has 6 heteroatoms. The third kappa shape index (κ3) is 2.36. The second-order valence-electron chi connectivity index (χ2n) is 6.50. The monoisotopic (exact) mass is 292 g/mol. The number of likely N-dealkylation sites (tertiary alicyclic amines) is 2. The smallest absolute Gasteiger partial charge is 0.274 e. The average Bonchev–Trinajstić information content (AvgIpc) is 2.92. The van der Waals surface area contributed by atoms with E-state index in [9.17, 15) is 9.90 Å². The molecule has 0 unspecified atom stereocenters. The van der Waals surface area contributed by atoms with Gasteiger partial charge in [-0.15, -0.1) is 0 Å². The van der Waals surface area contributed by atoms with Crippen LogP contribution in [0.4, 0.5) is 0 Å². The Kier molecular flexibility index (Phi) is 3.75. The fraction of sp³-hybridized carbons (Fsp3) is 0.733. The van der Waals surface area contributed by atoms with Crippen LogP contribution in [0.3, 0.4) is 0 Å². The molecule has 2 aliphatic rings. The van der Waals surface area contributed by atoms with Gasteiger partial charge in [-0.1, -0.05) is 0 Å². The number of hydrogen-bond acceptors (Lipinski definition) is 4. The van der Waals surface area contributed by atoms with E-state index < -0.39 is 0 Å². The molecular formula is C15H24N4O2. The highest BCUT2D eigenvalue weighted by molar-refractivity contribution is 5.93. The van der Waals surface area contributed by atoms with Gasteiger partial charge in [-0.05, 0) is 39.8 Å². The van der Waals surface area contributed by atoms with Crippen molar-refractivity contribution in [2.75, 3.05) is 33.3 Å². The average molecular weight is 292 g/mol. The van der Waals surface area contributed by atoms with Gasteiger partial charge in [0.2, 0.25) is 0 Å². The van der Waals surface area contributed by atoms with Crippen LogP contribution in [-0.2, 0) is 0 Å². The van der Waals surface area contributed by atoms with E-state index >= 15 is 0 Å². The summed E-state index contributed by atoms with van der Waals surface area (Å²) in [6, 6.07) is 0.244. The quantitative estimate of drug-likeness (QED) is 0.839. The molecule has 2 N–H and O–H groups in total. The van der Waals surface area contributed by atoms with E-state index in [0.29, 0.717) is 18.8 Å². The fourth-order valence-electron chi connectivity index (χ4n) is 3.92. The molecule has 0 bridgehead atoms. The molecule has 6 nitrogen and oxygen atoms in total. The number of aliphatic hydroxyl groups is 1. The summed E-state index contributed by atoms with van der Waals surface area (Å²) in [6.07, 6.45) is 4.62. The van der Waals surface area contributed by atoms with Crippen molar-refractivity contribution < 1.29 is 9.90 Å². The third-order valence-electron chi connectivity index (χ3n) is 5.33. The molecule has 2 aliphatic heterocycles. The van der Waals surface area contributed by atoms with Crippen LogP contribution >= 0.6 is 0 Å². The summed E-state index contributed by atoms with van der Waals surface area (Å²) in [5.74, 6) is -0.000682. The number of imidazole rings is 1. The topological polar surface area (TPSA) is 72.5 Å². The molecule has 0 aromatic carbocycles. The molecule has 0 radical (unpaired) electrons. The predicted octanol–water partition coefficient (Wildman–Crippen LogP) is 0.637. The molecule has 3 heterocycles. The number of aliphatic hydroxyl groups excluding tert-OH is 1. The number of carbonyl (C=O) groups excluding carboxylic acids is 1. The number of H-pyrrole nitrogens is 1. The SMILES string of the molecule is Cc1[nH]cnc1C(=O)N1CC[C@@]2(CO)CCCN(C)[C@@H]2C1. The van der Waals surface area contributed by atoms with Crippen molar-refractivity contribution in [2.24, 2.45) is 5.41 Å². The minimum absolute atomic E-state index is 0.000682.